The molecule has 2 heterocycles. The molecule has 1 aliphatic carbocycles. The Bertz CT molecular complexity index is 1410. The summed E-state index contributed by atoms with van der Waals surface area (Å²) in [7, 11) is 0. The molecule has 0 radical (unpaired) electrons. The Kier molecular flexibility index (Phi) is 6.74. The zero-order valence-corrected chi connectivity index (χ0v) is 22.2. The van der Waals surface area contributed by atoms with Crippen molar-refractivity contribution in [3.05, 3.63) is 78.3 Å². The monoisotopic (exact) mass is 603 g/mol. The number of carbonyl (C=O) groups excluding carboxylic acids is 1. The first kappa shape index (κ1) is 22.8. The minimum atomic E-state index is -0.153. The van der Waals surface area contributed by atoms with Crippen molar-refractivity contribution in [3.63, 3.8) is 0 Å². The Morgan fingerprint density at radius 2 is 1.88 bits per heavy atom. The van der Waals surface area contributed by atoms with E-state index >= 15 is 0 Å². The fraction of sp³-hybridized carbons (Fsp3) is 0.208. The molecular formula is C24H19Br2N3O2S2. The Labute approximate surface area is 215 Å². The van der Waals surface area contributed by atoms with Crippen LogP contribution < -0.4 is 10.9 Å². The van der Waals surface area contributed by atoms with Crippen LogP contribution in [0.2, 0.25) is 0 Å². The number of nitrogens with one attached hydrogen (secondary N) is 1. The number of rotatable bonds is 5. The van der Waals surface area contributed by atoms with E-state index in [0.717, 1.165) is 61.8 Å². The first-order chi connectivity index (χ1) is 16.0. The predicted octanol–water partition coefficient (Wildman–Crippen LogP) is 6.58. The van der Waals surface area contributed by atoms with Crippen LogP contribution >= 0.6 is 55.0 Å². The minimum absolute atomic E-state index is 0.0587. The van der Waals surface area contributed by atoms with Crippen LogP contribution in [0.15, 0.2) is 67.4 Å². The van der Waals surface area contributed by atoms with Gasteiger partial charge in [0.05, 0.1) is 16.8 Å². The molecule has 1 amide bonds. The van der Waals surface area contributed by atoms with Gasteiger partial charge < -0.3 is 5.32 Å². The Balaban J connectivity index is 1.52. The molecule has 0 saturated heterocycles. The number of fused-ring (bicyclic) bond motifs is 3. The molecule has 9 heteroatoms. The number of aromatic nitrogens is 2. The highest BCUT2D eigenvalue weighted by Crippen LogP contribution is 2.35. The summed E-state index contributed by atoms with van der Waals surface area (Å²) in [6.07, 6.45) is 4.18. The highest BCUT2D eigenvalue weighted by atomic mass is 79.9. The number of carbonyl (C=O) groups is 1. The van der Waals surface area contributed by atoms with Gasteiger partial charge in [-0.1, -0.05) is 49.7 Å². The summed E-state index contributed by atoms with van der Waals surface area (Å²) < 4.78 is 3.47. The molecule has 2 aromatic carbocycles. The number of hydrogen-bond acceptors (Lipinski definition) is 5. The maximum atomic E-state index is 13.7. The van der Waals surface area contributed by atoms with Crippen LogP contribution in [0.4, 0.5) is 5.69 Å². The molecule has 4 aromatic rings. The molecule has 0 spiro atoms. The minimum Gasteiger partial charge on any atom is -0.325 e. The van der Waals surface area contributed by atoms with E-state index in [1.807, 2.05) is 48.5 Å². The van der Waals surface area contributed by atoms with Crippen molar-refractivity contribution in [2.24, 2.45) is 0 Å². The van der Waals surface area contributed by atoms with E-state index in [4.69, 9.17) is 4.98 Å². The van der Waals surface area contributed by atoms with Gasteiger partial charge in [-0.05, 0) is 73.7 Å². The lowest BCUT2D eigenvalue weighted by atomic mass is 9.97. The Morgan fingerprint density at radius 1 is 1.09 bits per heavy atom. The zero-order valence-electron chi connectivity index (χ0n) is 17.4. The van der Waals surface area contributed by atoms with Crippen LogP contribution in [0.3, 0.4) is 0 Å². The molecule has 5 nitrogen and oxygen atoms in total. The molecule has 0 fully saturated rings. The molecule has 0 unspecified atom stereocenters. The molecule has 0 bridgehead atoms. The SMILES string of the molecule is O=C(CSc1nc2sc3c(c2c(=O)n1-c1ccc(Br)cc1)CCCC3)Nc1cccc(Br)c1. The van der Waals surface area contributed by atoms with Gasteiger partial charge in [0, 0.05) is 19.5 Å². The van der Waals surface area contributed by atoms with Crippen molar-refractivity contribution >= 4 is 76.8 Å². The summed E-state index contributed by atoms with van der Waals surface area (Å²) >= 11 is 9.78. The number of thiophene rings is 1. The highest BCUT2D eigenvalue weighted by Gasteiger charge is 2.23. The third kappa shape index (κ3) is 4.82. The lowest BCUT2D eigenvalue weighted by molar-refractivity contribution is -0.113. The fourth-order valence-corrected chi connectivity index (χ4v) is 6.77. The number of halogens is 2. The first-order valence-electron chi connectivity index (χ1n) is 10.5. The first-order valence-corrected chi connectivity index (χ1v) is 13.9. The number of thioether (sulfide) groups is 1. The summed E-state index contributed by atoms with van der Waals surface area (Å²) in [6, 6.07) is 15.1. The standard InChI is InChI=1S/C24H19Br2N3O2S2/c25-14-8-10-17(11-9-14)29-23(31)21-18-6-1-2-7-19(18)33-22(21)28-24(29)32-13-20(30)27-16-5-3-4-15(26)12-16/h3-5,8-12H,1-2,6-7,13H2,(H,27,30). The second kappa shape index (κ2) is 9.74. The topological polar surface area (TPSA) is 64.0 Å². The third-order valence-corrected chi connectivity index (χ3v) is 8.63. The van der Waals surface area contributed by atoms with Crippen molar-refractivity contribution in [3.8, 4) is 5.69 Å². The van der Waals surface area contributed by atoms with Crippen LogP contribution in [0.1, 0.15) is 23.3 Å². The molecule has 33 heavy (non-hydrogen) atoms. The van der Waals surface area contributed by atoms with Gasteiger partial charge in [-0.3, -0.25) is 14.2 Å². The van der Waals surface area contributed by atoms with E-state index < -0.39 is 0 Å². The van der Waals surface area contributed by atoms with E-state index in [2.05, 4.69) is 37.2 Å². The molecule has 168 valence electrons. The average molecular weight is 605 g/mol. The molecule has 1 N–H and O–H groups in total. The van der Waals surface area contributed by atoms with Crippen LogP contribution in [0.25, 0.3) is 15.9 Å². The summed E-state index contributed by atoms with van der Waals surface area (Å²) in [4.78, 5) is 33.3. The van der Waals surface area contributed by atoms with E-state index in [9.17, 15) is 9.59 Å². The lowest BCUT2D eigenvalue weighted by Gasteiger charge is -2.14. The van der Waals surface area contributed by atoms with Crippen LogP contribution in [-0.2, 0) is 17.6 Å². The average Bonchev–Trinajstić information content (AvgIpc) is 3.17. The summed E-state index contributed by atoms with van der Waals surface area (Å²) in [5, 5.41) is 4.17. The molecule has 0 saturated carbocycles. The summed E-state index contributed by atoms with van der Waals surface area (Å²) in [6.45, 7) is 0. The number of nitrogens with zero attached hydrogens (tertiary/aromatic N) is 2. The quantitative estimate of drug-likeness (QED) is 0.206. The van der Waals surface area contributed by atoms with Gasteiger partial charge in [-0.15, -0.1) is 11.3 Å². The predicted molar refractivity (Wildman–Crippen MR) is 143 cm³/mol. The van der Waals surface area contributed by atoms with Crippen molar-refractivity contribution in [2.75, 3.05) is 11.1 Å². The third-order valence-electron chi connectivity index (χ3n) is 5.48. The number of benzene rings is 2. The van der Waals surface area contributed by atoms with Crippen LogP contribution in [0.5, 0.6) is 0 Å². The highest BCUT2D eigenvalue weighted by molar-refractivity contribution is 9.10. The van der Waals surface area contributed by atoms with Gasteiger partial charge in [0.25, 0.3) is 5.56 Å². The van der Waals surface area contributed by atoms with E-state index in [0.29, 0.717) is 5.16 Å². The van der Waals surface area contributed by atoms with Gasteiger partial charge in [-0.2, -0.15) is 0 Å². The van der Waals surface area contributed by atoms with E-state index in [-0.39, 0.29) is 17.2 Å². The molecule has 0 atom stereocenters. The van der Waals surface area contributed by atoms with Crippen LogP contribution in [-0.4, -0.2) is 21.2 Å². The van der Waals surface area contributed by atoms with Gasteiger partial charge in [0.15, 0.2) is 5.16 Å². The summed E-state index contributed by atoms with van der Waals surface area (Å²) in [5.74, 6) is -0.00760. The largest absolute Gasteiger partial charge is 0.325 e. The van der Waals surface area contributed by atoms with E-state index in [1.165, 1.54) is 16.6 Å². The second-order valence-electron chi connectivity index (χ2n) is 7.75. The van der Waals surface area contributed by atoms with Gasteiger partial charge in [-0.25, -0.2) is 4.98 Å². The molecular weight excluding hydrogens is 586 g/mol. The van der Waals surface area contributed by atoms with Gasteiger partial charge in [0.2, 0.25) is 5.91 Å². The van der Waals surface area contributed by atoms with Crippen molar-refractivity contribution in [2.45, 2.75) is 30.8 Å². The number of amides is 1. The zero-order chi connectivity index (χ0) is 22.9. The maximum Gasteiger partial charge on any atom is 0.267 e. The molecule has 1 aliphatic rings. The normalized spacial score (nSPS) is 13.2. The Hall–Kier alpha value is -1.94. The Morgan fingerprint density at radius 3 is 2.67 bits per heavy atom. The van der Waals surface area contributed by atoms with Gasteiger partial charge >= 0.3 is 0 Å². The van der Waals surface area contributed by atoms with Crippen LogP contribution in [0, 0.1) is 0 Å². The van der Waals surface area contributed by atoms with Crippen molar-refractivity contribution in [1.29, 1.82) is 0 Å². The smallest absolute Gasteiger partial charge is 0.267 e. The maximum absolute atomic E-state index is 13.7. The fourth-order valence-electron chi connectivity index (χ4n) is 3.99. The molecule has 2 aromatic heterocycles. The van der Waals surface area contributed by atoms with Gasteiger partial charge in [0.1, 0.15) is 4.83 Å². The summed E-state index contributed by atoms with van der Waals surface area (Å²) in [5.41, 5.74) is 2.56. The molecule has 0 aliphatic heterocycles. The number of anilines is 1. The second-order valence-corrected chi connectivity index (χ2v) is 11.6. The van der Waals surface area contributed by atoms with E-state index in [1.54, 1.807) is 15.9 Å². The van der Waals surface area contributed by atoms with Crippen molar-refractivity contribution < 1.29 is 4.79 Å². The molecule has 5 rings (SSSR count). The number of aryl methyl sites for hydroxylation is 2. The number of hydrogen-bond donors (Lipinski definition) is 1. The van der Waals surface area contributed by atoms with Crippen molar-refractivity contribution in [1.82, 2.24) is 9.55 Å². The lowest BCUT2D eigenvalue weighted by Crippen LogP contribution is -2.23.